The molecule has 0 fully saturated rings. The van der Waals surface area contributed by atoms with Crippen molar-refractivity contribution in [3.8, 4) is 11.3 Å². The zero-order valence-corrected chi connectivity index (χ0v) is 21.6. The molecule has 0 saturated carbocycles. The zero-order valence-electron chi connectivity index (χ0n) is 21.6. The van der Waals surface area contributed by atoms with Crippen molar-refractivity contribution < 1.29 is 0 Å². The van der Waals surface area contributed by atoms with E-state index in [1.54, 1.807) is 10.6 Å². The first-order valence-electron chi connectivity index (χ1n) is 13.9. The van der Waals surface area contributed by atoms with Gasteiger partial charge in [0.2, 0.25) is 0 Å². The van der Waals surface area contributed by atoms with Crippen LogP contribution in [-0.2, 0) is 6.42 Å². The number of aryl methyl sites for hydroxylation is 2. The van der Waals surface area contributed by atoms with E-state index >= 15 is 0 Å². The number of nitrogens with one attached hydrogen (secondary N) is 1. The van der Waals surface area contributed by atoms with Crippen molar-refractivity contribution in [3.05, 3.63) is 58.0 Å². The van der Waals surface area contributed by atoms with Crippen LogP contribution in [0.15, 0.2) is 41.2 Å². The van der Waals surface area contributed by atoms with Crippen LogP contribution in [0, 0.1) is 6.92 Å². The summed E-state index contributed by atoms with van der Waals surface area (Å²) in [4.78, 5) is 17.3. The quantitative estimate of drug-likeness (QED) is 0.204. The maximum atomic E-state index is 12.6. The Hall–Kier alpha value is -2.36. The Morgan fingerprint density at radius 3 is 1.82 bits per heavy atom. The highest BCUT2D eigenvalue weighted by Crippen LogP contribution is 2.19. The third-order valence-electron chi connectivity index (χ3n) is 6.90. The summed E-state index contributed by atoms with van der Waals surface area (Å²) in [5.74, 6) is 0. The molecule has 0 aliphatic carbocycles. The molecule has 4 nitrogen and oxygen atoms in total. The number of hydrogen-bond acceptors (Lipinski definition) is 2. The average Bonchev–Trinajstić information content (AvgIpc) is 3.27. The molecule has 2 aromatic heterocycles. The second-order valence-corrected chi connectivity index (χ2v) is 10.0. The van der Waals surface area contributed by atoms with Crippen LogP contribution in [-0.4, -0.2) is 14.6 Å². The molecule has 1 N–H and O–H groups in total. The van der Waals surface area contributed by atoms with E-state index in [-0.39, 0.29) is 5.56 Å². The smallest absolute Gasteiger partial charge is 0.272 e. The fraction of sp³-hybridized carbons (Fsp3) is 0.600. The van der Waals surface area contributed by atoms with Crippen LogP contribution >= 0.6 is 0 Å². The molecule has 1 aromatic carbocycles. The second kappa shape index (κ2) is 14.8. The van der Waals surface area contributed by atoms with E-state index in [1.165, 1.54) is 95.5 Å². The Bertz CT molecular complexity index is 1020. The molecule has 34 heavy (non-hydrogen) atoms. The highest BCUT2D eigenvalue weighted by Gasteiger charge is 2.08. The Labute approximate surface area is 206 Å². The molecule has 0 saturated heterocycles. The minimum atomic E-state index is -0.0284. The molecule has 0 amide bonds. The summed E-state index contributed by atoms with van der Waals surface area (Å²) in [6.07, 6.45) is 21.3. The maximum Gasteiger partial charge on any atom is 0.272 e. The van der Waals surface area contributed by atoms with Gasteiger partial charge in [-0.3, -0.25) is 9.89 Å². The first-order valence-corrected chi connectivity index (χ1v) is 13.9. The first-order chi connectivity index (χ1) is 16.7. The van der Waals surface area contributed by atoms with Gasteiger partial charge in [0, 0.05) is 17.8 Å². The van der Waals surface area contributed by atoms with Crippen molar-refractivity contribution in [1.29, 1.82) is 0 Å². The van der Waals surface area contributed by atoms with Gasteiger partial charge < -0.3 is 0 Å². The molecule has 3 aromatic rings. The molecule has 0 spiro atoms. The van der Waals surface area contributed by atoms with E-state index in [1.807, 2.05) is 6.07 Å². The largest absolute Gasteiger partial charge is 0.289 e. The number of nitrogens with zero attached hydrogens (tertiary/aromatic N) is 2. The van der Waals surface area contributed by atoms with Gasteiger partial charge in [0.1, 0.15) is 0 Å². The Morgan fingerprint density at radius 1 is 0.735 bits per heavy atom. The monoisotopic (exact) mass is 463 g/mol. The summed E-state index contributed by atoms with van der Waals surface area (Å²) in [7, 11) is 0. The Kier molecular flexibility index (Phi) is 11.4. The van der Waals surface area contributed by atoms with Gasteiger partial charge in [-0.2, -0.15) is 0 Å². The van der Waals surface area contributed by atoms with Gasteiger partial charge in [-0.05, 0) is 25.3 Å². The lowest BCUT2D eigenvalue weighted by Crippen LogP contribution is -2.15. The molecule has 2 heterocycles. The first kappa shape index (κ1) is 26.2. The summed E-state index contributed by atoms with van der Waals surface area (Å²) in [6.45, 7) is 4.36. The molecule has 0 bridgehead atoms. The number of H-pyrrole nitrogens is 1. The van der Waals surface area contributed by atoms with Crippen LogP contribution in [0.2, 0.25) is 0 Å². The molecular weight excluding hydrogens is 418 g/mol. The Morgan fingerprint density at radius 2 is 1.26 bits per heavy atom. The lowest BCUT2D eigenvalue weighted by molar-refractivity contribution is 0.532. The van der Waals surface area contributed by atoms with E-state index in [0.717, 1.165) is 29.8 Å². The molecule has 0 atom stereocenters. The number of aromatic amines is 1. The van der Waals surface area contributed by atoms with Gasteiger partial charge in [0.25, 0.3) is 5.56 Å². The van der Waals surface area contributed by atoms with Crippen molar-refractivity contribution in [2.24, 2.45) is 0 Å². The summed E-state index contributed by atoms with van der Waals surface area (Å²) in [6, 6.07) is 12.0. The molecule has 186 valence electrons. The number of aromatic nitrogens is 3. The lowest BCUT2D eigenvalue weighted by atomic mass is 10.0. The molecular formula is C30H45N3O. The molecule has 0 aliphatic rings. The van der Waals surface area contributed by atoms with Crippen LogP contribution in [0.25, 0.3) is 16.9 Å². The summed E-state index contributed by atoms with van der Waals surface area (Å²) in [5.41, 5.74) is 4.81. The minimum absolute atomic E-state index is 0.0284. The minimum Gasteiger partial charge on any atom is -0.289 e. The summed E-state index contributed by atoms with van der Waals surface area (Å²) in [5, 5.41) is 3.19. The topological polar surface area (TPSA) is 50.2 Å². The lowest BCUT2D eigenvalue weighted by Gasteiger charge is -2.04. The molecule has 0 unspecified atom stereocenters. The van der Waals surface area contributed by atoms with Gasteiger partial charge >= 0.3 is 0 Å². The predicted molar refractivity (Wildman–Crippen MR) is 145 cm³/mol. The fourth-order valence-corrected chi connectivity index (χ4v) is 4.73. The van der Waals surface area contributed by atoms with Crippen molar-refractivity contribution >= 4 is 5.65 Å². The standard InChI is InChI=1S/C30H45N3O/c1-3-4-5-6-7-8-9-10-11-12-13-14-15-16-17-18-27-23-30(34)33-29(31-27)24-28(32-33)26-21-19-25(2)20-22-26/h19-24,32H,3-18H2,1-2H3. The maximum absolute atomic E-state index is 12.6. The van der Waals surface area contributed by atoms with Gasteiger partial charge in [0.05, 0.1) is 5.69 Å². The highest BCUT2D eigenvalue weighted by atomic mass is 16.1. The highest BCUT2D eigenvalue weighted by molar-refractivity contribution is 5.64. The van der Waals surface area contributed by atoms with E-state index in [4.69, 9.17) is 4.98 Å². The molecule has 0 radical (unpaired) electrons. The van der Waals surface area contributed by atoms with E-state index in [2.05, 4.69) is 43.2 Å². The molecule has 3 rings (SSSR count). The van der Waals surface area contributed by atoms with Crippen molar-refractivity contribution in [3.63, 3.8) is 0 Å². The SMILES string of the molecule is CCCCCCCCCCCCCCCCCc1cc(=O)n2[nH]c(-c3ccc(C)cc3)cc2n1. The Balaban J connectivity index is 1.28. The van der Waals surface area contributed by atoms with Crippen LogP contribution in [0.3, 0.4) is 0 Å². The van der Waals surface area contributed by atoms with Crippen molar-refractivity contribution in [2.45, 2.75) is 117 Å². The number of rotatable bonds is 17. The van der Waals surface area contributed by atoms with Gasteiger partial charge in [0.15, 0.2) is 5.65 Å². The van der Waals surface area contributed by atoms with Gasteiger partial charge in [-0.25, -0.2) is 9.50 Å². The number of hydrogen-bond donors (Lipinski definition) is 1. The molecule has 0 aliphatic heterocycles. The zero-order chi connectivity index (χ0) is 24.0. The van der Waals surface area contributed by atoms with Crippen molar-refractivity contribution in [1.82, 2.24) is 14.6 Å². The van der Waals surface area contributed by atoms with Gasteiger partial charge in [-0.1, -0.05) is 127 Å². The van der Waals surface area contributed by atoms with E-state index in [0.29, 0.717) is 5.65 Å². The average molecular weight is 464 g/mol. The van der Waals surface area contributed by atoms with Crippen LogP contribution < -0.4 is 5.56 Å². The number of fused-ring (bicyclic) bond motifs is 1. The van der Waals surface area contributed by atoms with Gasteiger partial charge in [-0.15, -0.1) is 0 Å². The fourth-order valence-electron chi connectivity index (χ4n) is 4.73. The second-order valence-electron chi connectivity index (χ2n) is 10.0. The predicted octanol–water partition coefficient (Wildman–Crippen LogP) is 8.41. The summed E-state index contributed by atoms with van der Waals surface area (Å²) >= 11 is 0. The van der Waals surface area contributed by atoms with Crippen molar-refractivity contribution in [2.75, 3.05) is 0 Å². The van der Waals surface area contributed by atoms with Crippen LogP contribution in [0.4, 0.5) is 0 Å². The van der Waals surface area contributed by atoms with E-state index < -0.39 is 0 Å². The number of benzene rings is 1. The summed E-state index contributed by atoms with van der Waals surface area (Å²) < 4.78 is 1.55. The molecule has 4 heteroatoms. The van der Waals surface area contributed by atoms with E-state index in [9.17, 15) is 4.79 Å². The normalized spacial score (nSPS) is 11.5. The van der Waals surface area contributed by atoms with Crippen LogP contribution in [0.5, 0.6) is 0 Å². The van der Waals surface area contributed by atoms with Crippen LogP contribution in [0.1, 0.15) is 114 Å². The third kappa shape index (κ3) is 8.77. The number of unbranched alkanes of at least 4 members (excludes halogenated alkanes) is 14. The third-order valence-corrected chi connectivity index (χ3v) is 6.90.